The molecule has 0 saturated heterocycles. The lowest BCUT2D eigenvalue weighted by Crippen LogP contribution is -2.56. The van der Waals surface area contributed by atoms with Gasteiger partial charge in [0.05, 0.1) is 5.52 Å². The third kappa shape index (κ3) is 2.78. The van der Waals surface area contributed by atoms with Crippen molar-refractivity contribution in [1.29, 1.82) is 0 Å². The van der Waals surface area contributed by atoms with E-state index in [1.807, 2.05) is 24.4 Å². The normalized spacial score (nSPS) is 17.1. The summed E-state index contributed by atoms with van der Waals surface area (Å²) in [6, 6.07) is 8.00. The smallest absolute Gasteiger partial charge is 0.0761 e. The van der Waals surface area contributed by atoms with E-state index in [2.05, 4.69) is 35.4 Å². The van der Waals surface area contributed by atoms with Crippen LogP contribution in [0.4, 0.5) is 0 Å². The van der Waals surface area contributed by atoms with Crippen LogP contribution in [0.25, 0.3) is 10.9 Å². The van der Waals surface area contributed by atoms with Gasteiger partial charge in [-0.25, -0.2) is 0 Å². The molecule has 3 nitrogen and oxygen atoms in total. The van der Waals surface area contributed by atoms with Crippen molar-refractivity contribution in [3.05, 3.63) is 41.0 Å². The molecule has 1 saturated carbocycles. The molecule has 0 amide bonds. The fourth-order valence-electron chi connectivity index (χ4n) is 3.14. The molecule has 0 atom stereocenters. The lowest BCUT2D eigenvalue weighted by molar-refractivity contribution is 0.0598. The van der Waals surface area contributed by atoms with E-state index in [9.17, 15) is 0 Å². The minimum Gasteiger partial charge on any atom is -0.311 e. The van der Waals surface area contributed by atoms with E-state index in [0.717, 1.165) is 29.0 Å². The maximum absolute atomic E-state index is 6.24. The van der Waals surface area contributed by atoms with Crippen LogP contribution in [0, 0.1) is 0 Å². The number of rotatable bonds is 5. The van der Waals surface area contributed by atoms with Gasteiger partial charge in [0.1, 0.15) is 0 Å². The number of hydrogen-bond donors (Lipinski definition) is 1. The van der Waals surface area contributed by atoms with Gasteiger partial charge in [-0.2, -0.15) is 0 Å². The van der Waals surface area contributed by atoms with Gasteiger partial charge in [-0.3, -0.25) is 4.98 Å². The summed E-state index contributed by atoms with van der Waals surface area (Å²) in [7, 11) is 4.36. The van der Waals surface area contributed by atoms with E-state index in [4.69, 9.17) is 11.6 Å². The Morgan fingerprint density at radius 2 is 2.10 bits per heavy atom. The standard InChI is InChI=1S/C17H22ClN3/c1-21(2)17(8-4-9-17)12-19-11-13-6-7-15(18)14-5-3-10-20-16(13)14/h3,5-7,10,19H,4,8-9,11-12H2,1-2H3. The molecule has 0 spiro atoms. The van der Waals surface area contributed by atoms with Crippen molar-refractivity contribution in [3.8, 4) is 0 Å². The minimum atomic E-state index is 0.343. The fraction of sp³-hybridized carbons (Fsp3) is 0.471. The van der Waals surface area contributed by atoms with E-state index in [1.54, 1.807) is 0 Å². The van der Waals surface area contributed by atoms with Gasteiger partial charge in [-0.15, -0.1) is 0 Å². The van der Waals surface area contributed by atoms with Gasteiger partial charge in [0.15, 0.2) is 0 Å². The molecule has 112 valence electrons. The summed E-state index contributed by atoms with van der Waals surface area (Å²) < 4.78 is 0. The number of likely N-dealkylation sites (N-methyl/N-ethyl adjacent to an activating group) is 1. The minimum absolute atomic E-state index is 0.343. The zero-order valence-corrected chi connectivity index (χ0v) is 13.5. The van der Waals surface area contributed by atoms with Crippen LogP contribution in [0.1, 0.15) is 24.8 Å². The van der Waals surface area contributed by atoms with Crippen molar-refractivity contribution in [2.75, 3.05) is 20.6 Å². The van der Waals surface area contributed by atoms with Crippen LogP contribution in [0.3, 0.4) is 0 Å². The third-order valence-corrected chi connectivity index (χ3v) is 5.13. The Labute approximate surface area is 131 Å². The Morgan fingerprint density at radius 3 is 2.76 bits per heavy atom. The molecule has 4 heteroatoms. The molecule has 1 aromatic carbocycles. The number of halogens is 1. The Balaban J connectivity index is 1.73. The van der Waals surface area contributed by atoms with Gasteiger partial charge in [-0.05, 0) is 57.1 Å². The first-order valence-corrected chi connectivity index (χ1v) is 7.90. The van der Waals surface area contributed by atoms with E-state index in [-0.39, 0.29) is 0 Å². The maximum atomic E-state index is 6.24. The van der Waals surface area contributed by atoms with Gasteiger partial charge < -0.3 is 10.2 Å². The second-order valence-corrected chi connectivity index (χ2v) is 6.59. The monoisotopic (exact) mass is 303 g/mol. The van der Waals surface area contributed by atoms with Crippen LogP contribution in [0.15, 0.2) is 30.5 Å². The first kappa shape index (κ1) is 14.8. The number of pyridine rings is 1. The molecule has 1 N–H and O–H groups in total. The highest BCUT2D eigenvalue weighted by Gasteiger charge is 2.38. The molecule has 1 aliphatic carbocycles. The van der Waals surface area contributed by atoms with Crippen molar-refractivity contribution < 1.29 is 0 Å². The van der Waals surface area contributed by atoms with Crippen LogP contribution in [-0.2, 0) is 6.54 Å². The van der Waals surface area contributed by atoms with Crippen LogP contribution in [0.2, 0.25) is 5.02 Å². The number of aromatic nitrogens is 1. The van der Waals surface area contributed by atoms with Crippen LogP contribution >= 0.6 is 11.6 Å². The van der Waals surface area contributed by atoms with Gasteiger partial charge in [0.2, 0.25) is 0 Å². The number of nitrogens with one attached hydrogen (secondary N) is 1. The Kier molecular flexibility index (Phi) is 4.16. The molecule has 0 bridgehead atoms. The summed E-state index contributed by atoms with van der Waals surface area (Å²) in [4.78, 5) is 6.85. The maximum Gasteiger partial charge on any atom is 0.0761 e. The number of fused-ring (bicyclic) bond motifs is 1. The highest BCUT2D eigenvalue weighted by molar-refractivity contribution is 6.35. The topological polar surface area (TPSA) is 28.2 Å². The molecule has 0 aliphatic heterocycles. The molecule has 1 fully saturated rings. The van der Waals surface area contributed by atoms with Crippen molar-refractivity contribution in [1.82, 2.24) is 15.2 Å². The third-order valence-electron chi connectivity index (χ3n) is 4.80. The molecule has 1 aliphatic rings. The molecule has 3 rings (SSSR count). The highest BCUT2D eigenvalue weighted by Crippen LogP contribution is 2.35. The van der Waals surface area contributed by atoms with E-state index < -0.39 is 0 Å². The SMILES string of the molecule is CN(C)C1(CNCc2ccc(Cl)c3cccnc23)CCC1. The second kappa shape index (κ2) is 5.91. The summed E-state index contributed by atoms with van der Waals surface area (Å²) in [6.45, 7) is 1.86. The molecule has 2 aromatic rings. The Morgan fingerprint density at radius 1 is 1.29 bits per heavy atom. The second-order valence-electron chi connectivity index (χ2n) is 6.18. The van der Waals surface area contributed by atoms with Crippen molar-refractivity contribution in [2.24, 2.45) is 0 Å². The Bertz CT molecular complexity index is 635. The van der Waals surface area contributed by atoms with Crippen molar-refractivity contribution in [2.45, 2.75) is 31.3 Å². The average Bonchev–Trinajstić information content (AvgIpc) is 2.44. The molecule has 21 heavy (non-hydrogen) atoms. The van der Waals surface area contributed by atoms with Crippen molar-refractivity contribution in [3.63, 3.8) is 0 Å². The average molecular weight is 304 g/mol. The quantitative estimate of drug-likeness (QED) is 0.917. The predicted octanol–water partition coefficient (Wildman–Crippen LogP) is 3.46. The van der Waals surface area contributed by atoms with Gasteiger partial charge in [0, 0.05) is 35.2 Å². The summed E-state index contributed by atoms with van der Waals surface area (Å²) in [5.74, 6) is 0. The van der Waals surface area contributed by atoms with E-state index in [1.165, 1.54) is 24.8 Å². The van der Waals surface area contributed by atoms with E-state index >= 15 is 0 Å². The lowest BCUT2D eigenvalue weighted by atomic mass is 9.75. The van der Waals surface area contributed by atoms with Crippen molar-refractivity contribution >= 4 is 22.5 Å². The zero-order chi connectivity index (χ0) is 14.9. The number of nitrogens with zero attached hydrogens (tertiary/aromatic N) is 2. The van der Waals surface area contributed by atoms with Gasteiger partial charge >= 0.3 is 0 Å². The number of hydrogen-bond acceptors (Lipinski definition) is 3. The zero-order valence-electron chi connectivity index (χ0n) is 12.7. The molecular weight excluding hydrogens is 282 g/mol. The molecule has 1 heterocycles. The van der Waals surface area contributed by atoms with Crippen LogP contribution in [0.5, 0.6) is 0 Å². The summed E-state index contributed by atoms with van der Waals surface area (Å²) in [6.07, 6.45) is 5.74. The van der Waals surface area contributed by atoms with Crippen LogP contribution < -0.4 is 5.32 Å². The van der Waals surface area contributed by atoms with Crippen LogP contribution in [-0.4, -0.2) is 36.1 Å². The van der Waals surface area contributed by atoms with Gasteiger partial charge in [0.25, 0.3) is 0 Å². The summed E-state index contributed by atoms with van der Waals surface area (Å²) in [5, 5.41) is 5.41. The fourth-order valence-corrected chi connectivity index (χ4v) is 3.35. The first-order chi connectivity index (χ1) is 10.1. The molecule has 0 unspecified atom stereocenters. The predicted molar refractivity (Wildman–Crippen MR) is 88.7 cm³/mol. The lowest BCUT2D eigenvalue weighted by Gasteiger charge is -2.47. The summed E-state index contributed by atoms with van der Waals surface area (Å²) >= 11 is 6.24. The van der Waals surface area contributed by atoms with E-state index in [0.29, 0.717) is 5.54 Å². The summed E-state index contributed by atoms with van der Waals surface area (Å²) in [5.41, 5.74) is 2.56. The molecule has 1 aromatic heterocycles. The molecular formula is C17H22ClN3. The highest BCUT2D eigenvalue weighted by atomic mass is 35.5. The Hall–Kier alpha value is -1.16. The van der Waals surface area contributed by atoms with Gasteiger partial charge in [-0.1, -0.05) is 17.7 Å². The molecule has 0 radical (unpaired) electrons. The first-order valence-electron chi connectivity index (χ1n) is 7.53. The number of benzene rings is 1. The largest absolute Gasteiger partial charge is 0.311 e.